The third-order valence-corrected chi connectivity index (χ3v) is 7.42. The van der Waals surface area contributed by atoms with E-state index < -0.39 is 22.0 Å². The van der Waals surface area contributed by atoms with Crippen LogP contribution < -0.4 is 4.72 Å². The molecule has 6 nitrogen and oxygen atoms in total. The minimum absolute atomic E-state index is 0.113. The van der Waals surface area contributed by atoms with Crippen molar-refractivity contribution < 1.29 is 17.9 Å². The fourth-order valence-corrected chi connectivity index (χ4v) is 5.16. The van der Waals surface area contributed by atoms with E-state index >= 15 is 0 Å². The first kappa shape index (κ1) is 24.4. The number of carbonyl (C=O) groups excluding carboxylic acids is 1. The molecule has 1 aliphatic heterocycles. The first-order valence-electron chi connectivity index (χ1n) is 11.3. The van der Waals surface area contributed by atoms with Gasteiger partial charge in [-0.2, -0.15) is 4.72 Å². The molecule has 3 rings (SSSR count). The summed E-state index contributed by atoms with van der Waals surface area (Å²) < 4.78 is 32.7. The molecule has 174 valence electrons. The Balaban J connectivity index is 1.61. The van der Waals surface area contributed by atoms with Crippen molar-refractivity contribution in [3.8, 4) is 11.1 Å². The number of benzene rings is 2. The maximum atomic E-state index is 12.6. The molecule has 0 saturated carbocycles. The first-order chi connectivity index (χ1) is 15.2. The van der Waals surface area contributed by atoms with Gasteiger partial charge in [0.25, 0.3) is 0 Å². The Morgan fingerprint density at radius 1 is 1.06 bits per heavy atom. The standard InChI is InChI=1S/C25H34N2O4S/c1-18(2)31-25(28)20(4)26-32(29,30)24-13-11-23(12-14-24)22-9-7-21(8-10-22)15-17-27-16-5-6-19(27)3/h7-14,18-20,26H,5-6,15-17H2,1-4H3/t19-,20+/m1/s1. The summed E-state index contributed by atoms with van der Waals surface area (Å²) in [5.41, 5.74) is 3.28. The quantitative estimate of drug-likeness (QED) is 0.575. The van der Waals surface area contributed by atoms with Gasteiger partial charge in [0, 0.05) is 12.6 Å². The zero-order chi connectivity index (χ0) is 23.3. The Kier molecular flexibility index (Phi) is 8.09. The third-order valence-electron chi connectivity index (χ3n) is 5.87. The molecule has 2 atom stereocenters. The summed E-state index contributed by atoms with van der Waals surface area (Å²) in [5, 5.41) is 0. The molecular weight excluding hydrogens is 424 g/mol. The van der Waals surface area contributed by atoms with Crippen LogP contribution >= 0.6 is 0 Å². The van der Waals surface area contributed by atoms with Crippen molar-refractivity contribution in [3.63, 3.8) is 0 Å². The minimum atomic E-state index is -3.82. The summed E-state index contributed by atoms with van der Waals surface area (Å²) in [6.07, 6.45) is 3.32. The predicted molar refractivity (Wildman–Crippen MR) is 127 cm³/mol. The second-order valence-electron chi connectivity index (χ2n) is 8.83. The number of nitrogens with zero attached hydrogens (tertiary/aromatic N) is 1. The lowest BCUT2D eigenvalue weighted by molar-refractivity contribution is -0.148. The molecule has 0 amide bonds. The first-order valence-corrected chi connectivity index (χ1v) is 12.8. The molecule has 0 bridgehead atoms. The molecule has 7 heteroatoms. The van der Waals surface area contributed by atoms with Gasteiger partial charge in [0.1, 0.15) is 6.04 Å². The van der Waals surface area contributed by atoms with E-state index in [1.165, 1.54) is 31.9 Å². The molecule has 1 heterocycles. The number of carbonyl (C=O) groups is 1. The predicted octanol–water partition coefficient (Wildman–Crippen LogP) is 4.00. The lowest BCUT2D eigenvalue weighted by Crippen LogP contribution is -2.40. The van der Waals surface area contributed by atoms with Gasteiger partial charge in [0.2, 0.25) is 10.0 Å². The van der Waals surface area contributed by atoms with Crippen molar-refractivity contribution in [2.24, 2.45) is 0 Å². The monoisotopic (exact) mass is 458 g/mol. The van der Waals surface area contributed by atoms with Crippen molar-refractivity contribution in [2.75, 3.05) is 13.1 Å². The second kappa shape index (κ2) is 10.6. The number of rotatable bonds is 9. The second-order valence-corrected chi connectivity index (χ2v) is 10.5. The van der Waals surface area contributed by atoms with Gasteiger partial charge in [-0.3, -0.25) is 4.79 Å². The molecule has 1 saturated heterocycles. The molecule has 1 fully saturated rings. The third kappa shape index (κ3) is 6.40. The van der Waals surface area contributed by atoms with E-state index in [0.29, 0.717) is 6.04 Å². The van der Waals surface area contributed by atoms with Gasteiger partial charge in [-0.1, -0.05) is 36.4 Å². The molecule has 2 aromatic carbocycles. The van der Waals surface area contributed by atoms with Crippen LogP contribution in [0.1, 0.15) is 46.1 Å². The number of hydrogen-bond acceptors (Lipinski definition) is 5. The number of sulfonamides is 1. The van der Waals surface area contributed by atoms with Crippen molar-refractivity contribution in [3.05, 3.63) is 54.1 Å². The van der Waals surface area contributed by atoms with E-state index in [0.717, 1.165) is 24.1 Å². The van der Waals surface area contributed by atoms with Crippen LogP contribution in [0.15, 0.2) is 53.4 Å². The number of ether oxygens (including phenoxy) is 1. The Bertz CT molecular complexity index is 1000. The Hall–Kier alpha value is -2.22. The zero-order valence-electron chi connectivity index (χ0n) is 19.4. The zero-order valence-corrected chi connectivity index (χ0v) is 20.2. The van der Waals surface area contributed by atoms with Crippen LogP contribution in [0.2, 0.25) is 0 Å². The molecule has 0 aliphatic carbocycles. The molecule has 0 spiro atoms. The fourth-order valence-electron chi connectivity index (χ4n) is 3.97. The maximum Gasteiger partial charge on any atom is 0.324 e. The molecule has 0 unspecified atom stereocenters. The highest BCUT2D eigenvalue weighted by Gasteiger charge is 2.24. The topological polar surface area (TPSA) is 75.7 Å². The molecule has 0 aromatic heterocycles. The van der Waals surface area contributed by atoms with Crippen LogP contribution in [-0.4, -0.2) is 50.6 Å². The van der Waals surface area contributed by atoms with E-state index in [-0.39, 0.29) is 11.0 Å². The highest BCUT2D eigenvalue weighted by atomic mass is 32.2. The number of nitrogens with one attached hydrogen (secondary N) is 1. The van der Waals surface area contributed by atoms with Crippen LogP contribution in [0.4, 0.5) is 0 Å². The van der Waals surface area contributed by atoms with Gasteiger partial charge < -0.3 is 9.64 Å². The van der Waals surface area contributed by atoms with E-state index in [4.69, 9.17) is 4.74 Å². The highest BCUT2D eigenvalue weighted by molar-refractivity contribution is 7.89. The Morgan fingerprint density at radius 2 is 1.66 bits per heavy atom. The van der Waals surface area contributed by atoms with Crippen molar-refractivity contribution in [1.82, 2.24) is 9.62 Å². The van der Waals surface area contributed by atoms with Crippen LogP contribution in [0.5, 0.6) is 0 Å². The van der Waals surface area contributed by atoms with E-state index in [9.17, 15) is 13.2 Å². The largest absolute Gasteiger partial charge is 0.462 e. The SMILES string of the molecule is CC(C)OC(=O)[C@H](C)NS(=O)(=O)c1ccc(-c2ccc(CCN3CCC[C@H]3C)cc2)cc1. The van der Waals surface area contributed by atoms with Gasteiger partial charge in [0.15, 0.2) is 0 Å². The molecule has 1 N–H and O–H groups in total. The Labute approximate surface area is 192 Å². The summed E-state index contributed by atoms with van der Waals surface area (Å²) in [6.45, 7) is 9.50. The van der Waals surface area contributed by atoms with Crippen LogP contribution in [0, 0.1) is 0 Å². The Morgan fingerprint density at radius 3 is 2.19 bits per heavy atom. The molecule has 1 aliphatic rings. The fraction of sp³-hybridized carbons (Fsp3) is 0.480. The molecule has 2 aromatic rings. The van der Waals surface area contributed by atoms with E-state index in [1.807, 2.05) is 0 Å². The van der Waals surface area contributed by atoms with Gasteiger partial charge in [0.05, 0.1) is 11.0 Å². The van der Waals surface area contributed by atoms with Crippen molar-refractivity contribution in [1.29, 1.82) is 0 Å². The van der Waals surface area contributed by atoms with Gasteiger partial charge in [-0.15, -0.1) is 0 Å². The van der Waals surface area contributed by atoms with Crippen molar-refractivity contribution in [2.45, 2.75) is 70.0 Å². The lowest BCUT2D eigenvalue weighted by atomic mass is 10.0. The average molecular weight is 459 g/mol. The van der Waals surface area contributed by atoms with E-state index in [1.54, 1.807) is 38.1 Å². The average Bonchev–Trinajstić information content (AvgIpc) is 3.16. The smallest absolute Gasteiger partial charge is 0.324 e. The van der Waals surface area contributed by atoms with Crippen molar-refractivity contribution >= 4 is 16.0 Å². The number of esters is 1. The summed E-state index contributed by atoms with van der Waals surface area (Å²) in [5.74, 6) is -0.598. The van der Waals surface area contributed by atoms with Crippen LogP contribution in [0.3, 0.4) is 0 Å². The lowest BCUT2D eigenvalue weighted by Gasteiger charge is -2.20. The van der Waals surface area contributed by atoms with E-state index in [2.05, 4.69) is 40.8 Å². The summed E-state index contributed by atoms with van der Waals surface area (Å²) in [7, 11) is -3.82. The highest BCUT2D eigenvalue weighted by Crippen LogP contribution is 2.23. The number of likely N-dealkylation sites (tertiary alicyclic amines) is 1. The van der Waals surface area contributed by atoms with Gasteiger partial charge in [-0.25, -0.2) is 8.42 Å². The minimum Gasteiger partial charge on any atom is -0.462 e. The summed E-state index contributed by atoms with van der Waals surface area (Å²) in [6, 6.07) is 14.8. The van der Waals surface area contributed by atoms with Gasteiger partial charge in [-0.05, 0) is 82.3 Å². The normalized spacial score (nSPS) is 18.1. The van der Waals surface area contributed by atoms with Gasteiger partial charge >= 0.3 is 5.97 Å². The van der Waals surface area contributed by atoms with Crippen LogP contribution in [-0.2, 0) is 26.0 Å². The summed E-state index contributed by atoms with van der Waals surface area (Å²) in [4.78, 5) is 14.6. The number of hydrogen-bond donors (Lipinski definition) is 1. The molecule has 0 radical (unpaired) electrons. The molecular formula is C25H34N2O4S. The summed E-state index contributed by atoms with van der Waals surface area (Å²) >= 11 is 0. The molecule has 32 heavy (non-hydrogen) atoms. The maximum absolute atomic E-state index is 12.6. The van der Waals surface area contributed by atoms with Crippen LogP contribution in [0.25, 0.3) is 11.1 Å².